The number of unbranched alkanes of at least 4 members (excludes halogenated alkanes) is 1. The van der Waals surface area contributed by atoms with Crippen molar-refractivity contribution in [2.45, 2.75) is 30.6 Å². The fourth-order valence-electron chi connectivity index (χ4n) is 2.51. The van der Waals surface area contributed by atoms with Crippen molar-refractivity contribution in [2.24, 2.45) is 5.16 Å². The van der Waals surface area contributed by atoms with Crippen LogP contribution in [-0.2, 0) is 22.6 Å². The fraction of sp³-hybridized carbons (Fsp3) is 0.400. The monoisotopic (exact) mass is 462 g/mol. The van der Waals surface area contributed by atoms with Gasteiger partial charge in [0.25, 0.3) is 0 Å². The van der Waals surface area contributed by atoms with Gasteiger partial charge in [-0.3, -0.25) is 8.99 Å². The number of rotatable bonds is 9. The van der Waals surface area contributed by atoms with E-state index in [1.807, 2.05) is 0 Å². The normalized spacial score (nSPS) is 17.4. The van der Waals surface area contributed by atoms with Crippen molar-refractivity contribution in [2.75, 3.05) is 12.0 Å². The van der Waals surface area contributed by atoms with Crippen molar-refractivity contribution in [3.8, 4) is 0 Å². The van der Waals surface area contributed by atoms with Crippen LogP contribution in [0.3, 0.4) is 0 Å². The summed E-state index contributed by atoms with van der Waals surface area (Å²) in [5.74, 6) is 0.176. The highest BCUT2D eigenvalue weighted by atomic mass is 32.5. The maximum atomic E-state index is 13.0. The van der Waals surface area contributed by atoms with Gasteiger partial charge in [0.2, 0.25) is 0 Å². The highest BCUT2D eigenvalue weighted by Crippen LogP contribution is 3.02. The smallest absolute Gasteiger partial charge is 0.310 e. The number of hydrogen-bond donors (Lipinski definition) is 2. The van der Waals surface area contributed by atoms with Gasteiger partial charge in [-0.05, 0) is 42.1 Å². The Labute approximate surface area is 163 Å². The van der Waals surface area contributed by atoms with E-state index >= 15 is 0 Å². The molecule has 14 heteroatoms. The van der Waals surface area contributed by atoms with E-state index in [2.05, 4.69) is 20.1 Å². The molecule has 1 aromatic carbocycles. The highest BCUT2D eigenvalue weighted by molar-refractivity contribution is 8.45. The minimum Gasteiger partial charge on any atom is -0.411 e. The van der Waals surface area contributed by atoms with Crippen LogP contribution in [-0.4, -0.2) is 37.4 Å². The number of halogens is 5. The molecule has 0 amide bonds. The molecule has 164 valence electrons. The maximum absolute atomic E-state index is 13.0. The highest BCUT2D eigenvalue weighted by Gasteiger charge is 2.65. The van der Waals surface area contributed by atoms with Crippen molar-refractivity contribution >= 4 is 25.7 Å². The van der Waals surface area contributed by atoms with Crippen LogP contribution in [0.2, 0.25) is 0 Å². The number of aryl methyl sites for hydroxylation is 1. The number of aromatic nitrogens is 2. The Morgan fingerprint density at radius 2 is 1.93 bits per heavy atom. The van der Waals surface area contributed by atoms with E-state index in [0.717, 1.165) is 6.07 Å². The van der Waals surface area contributed by atoms with Gasteiger partial charge < -0.3 is 5.21 Å². The summed E-state index contributed by atoms with van der Waals surface area (Å²) in [7, 11) is -12.5. The molecule has 1 atom stereocenters. The third-order valence-electron chi connectivity index (χ3n) is 3.86. The van der Waals surface area contributed by atoms with Gasteiger partial charge in [0, 0.05) is 28.2 Å². The minimum atomic E-state index is -9.84. The molecule has 2 rings (SSSR count). The van der Waals surface area contributed by atoms with Gasteiger partial charge in [-0.1, -0.05) is 41.9 Å². The van der Waals surface area contributed by atoms with E-state index in [4.69, 9.17) is 4.78 Å². The summed E-state index contributed by atoms with van der Waals surface area (Å²) in [5, 5.41) is 19.5. The van der Waals surface area contributed by atoms with Gasteiger partial charge in [0.1, 0.15) is 16.3 Å². The molecule has 0 saturated heterocycles. The predicted octanol–water partition coefficient (Wildman–Crippen LogP) is 5.15. The van der Waals surface area contributed by atoms with Crippen LogP contribution in [0.4, 0.5) is 19.4 Å². The van der Waals surface area contributed by atoms with E-state index < -0.39 is 31.3 Å². The van der Waals surface area contributed by atoms with Crippen LogP contribution in [0.15, 0.2) is 38.9 Å². The molecule has 0 fully saturated rings. The Kier molecular flexibility index (Phi) is 5.75. The summed E-state index contributed by atoms with van der Waals surface area (Å²) in [6.07, 6.45) is 2.06. The van der Waals surface area contributed by atoms with Crippen LogP contribution in [0.5, 0.6) is 0 Å². The molecular formula is C15H19F5N4O3S2. The summed E-state index contributed by atoms with van der Waals surface area (Å²) in [4.78, 5) is -2.04. The Balaban J connectivity index is 2.18. The van der Waals surface area contributed by atoms with Gasteiger partial charge in [-0.25, -0.2) is 4.63 Å². The Morgan fingerprint density at radius 3 is 2.52 bits per heavy atom. The lowest BCUT2D eigenvalue weighted by molar-refractivity contribution is 0.300. The van der Waals surface area contributed by atoms with E-state index in [-0.39, 0.29) is 40.9 Å². The Hall–Kier alpha value is -2.22. The second-order valence-electron chi connectivity index (χ2n) is 6.57. The molecule has 1 unspecified atom stereocenters. The Bertz CT molecular complexity index is 1020. The number of hydrogen-bond acceptors (Lipinski definition) is 7. The quantitative estimate of drug-likeness (QED) is 0.176. The maximum Gasteiger partial charge on any atom is 0.310 e. The zero-order chi connectivity index (χ0) is 22.0. The van der Waals surface area contributed by atoms with Crippen LogP contribution in [0.25, 0.3) is 0 Å². The standard InChI is InChI=1S/C15H19F5N4O3S2/c1-28(21,26)8-3-2-7-13-15(24-27-23-13)14(22-25)10-11-5-4-6-12(9-11)29(16,17,18,19)20/h4-6,9,21,25H,2-3,7-8,10H2,1H3/b22-14+. The van der Waals surface area contributed by atoms with Gasteiger partial charge >= 0.3 is 10.2 Å². The van der Waals surface area contributed by atoms with E-state index in [1.54, 1.807) is 0 Å². The second kappa shape index (κ2) is 7.23. The van der Waals surface area contributed by atoms with Gasteiger partial charge in [-0.2, -0.15) is 0 Å². The van der Waals surface area contributed by atoms with Crippen LogP contribution < -0.4 is 0 Å². The van der Waals surface area contributed by atoms with Crippen molar-refractivity contribution < 1.29 is 33.5 Å². The first-order valence-electron chi connectivity index (χ1n) is 8.16. The molecule has 1 heterocycles. The average Bonchev–Trinajstić information content (AvgIpc) is 3.02. The predicted molar refractivity (Wildman–Crippen MR) is 98.8 cm³/mol. The van der Waals surface area contributed by atoms with E-state index in [9.17, 15) is 28.8 Å². The first-order chi connectivity index (χ1) is 13.1. The van der Waals surface area contributed by atoms with Gasteiger partial charge in [0.15, 0.2) is 5.69 Å². The van der Waals surface area contributed by atoms with Crippen molar-refractivity contribution in [1.82, 2.24) is 10.3 Å². The summed E-state index contributed by atoms with van der Waals surface area (Å²) in [6, 6.07) is 2.59. The number of oxime groups is 1. The van der Waals surface area contributed by atoms with Gasteiger partial charge in [-0.15, -0.1) is 0 Å². The molecular weight excluding hydrogens is 443 g/mol. The summed E-state index contributed by atoms with van der Waals surface area (Å²) < 4.78 is 88.2. The zero-order valence-corrected chi connectivity index (χ0v) is 16.8. The van der Waals surface area contributed by atoms with Crippen molar-refractivity contribution in [3.05, 3.63) is 41.2 Å². The van der Waals surface area contributed by atoms with Gasteiger partial charge in [0.05, 0.1) is 0 Å². The summed E-state index contributed by atoms with van der Waals surface area (Å²) in [5.41, 5.74) is -0.152. The van der Waals surface area contributed by atoms with Crippen molar-refractivity contribution in [3.63, 3.8) is 0 Å². The summed E-state index contributed by atoms with van der Waals surface area (Å²) >= 11 is 0. The molecule has 29 heavy (non-hydrogen) atoms. The van der Waals surface area contributed by atoms with Crippen LogP contribution in [0.1, 0.15) is 29.8 Å². The third-order valence-corrected chi connectivity index (χ3v) is 6.08. The zero-order valence-electron chi connectivity index (χ0n) is 15.2. The van der Waals surface area contributed by atoms with Crippen LogP contribution in [0, 0.1) is 4.78 Å². The van der Waals surface area contributed by atoms with E-state index in [1.165, 1.54) is 12.3 Å². The van der Waals surface area contributed by atoms with Crippen molar-refractivity contribution in [1.29, 1.82) is 4.78 Å². The Morgan fingerprint density at radius 1 is 1.24 bits per heavy atom. The lowest BCUT2D eigenvalue weighted by Gasteiger charge is -2.40. The topological polar surface area (TPSA) is 112 Å². The number of nitrogens with one attached hydrogen (secondary N) is 1. The SMILES string of the molecule is CS(=N)(=O)CCCCc1nonc1/C(Cc1cccc(S(F)(F)(F)(F)F)c1)=N/O. The van der Waals surface area contributed by atoms with E-state index in [0.29, 0.717) is 18.9 Å². The van der Waals surface area contributed by atoms with Crippen LogP contribution >= 0.6 is 10.2 Å². The molecule has 2 N–H and O–H groups in total. The summed E-state index contributed by atoms with van der Waals surface area (Å²) in [6.45, 7) is 0. The molecule has 0 saturated carbocycles. The lowest BCUT2D eigenvalue weighted by Crippen LogP contribution is -2.11. The first kappa shape index (κ1) is 23.1. The third kappa shape index (κ3) is 6.96. The molecule has 0 aliphatic rings. The molecule has 0 bridgehead atoms. The average molecular weight is 462 g/mol. The molecule has 0 radical (unpaired) electrons. The largest absolute Gasteiger partial charge is 0.411 e. The lowest BCUT2D eigenvalue weighted by atomic mass is 10.0. The molecule has 7 nitrogen and oxygen atoms in total. The first-order valence-corrected chi connectivity index (χ1v) is 12.2. The number of nitrogens with zero attached hydrogens (tertiary/aromatic N) is 3. The molecule has 2 aromatic rings. The minimum absolute atomic E-state index is 0.0200. The molecule has 1 aromatic heterocycles. The molecule has 0 aliphatic heterocycles. The molecule has 0 spiro atoms. The second-order valence-corrected chi connectivity index (χ2v) is 11.4. The number of benzene rings is 1. The molecule has 0 aliphatic carbocycles. The fourth-order valence-corrected chi connectivity index (χ4v) is 3.98.